The van der Waals surface area contributed by atoms with Crippen molar-refractivity contribution in [3.8, 4) is 0 Å². The van der Waals surface area contributed by atoms with Gasteiger partial charge in [0.25, 0.3) is 0 Å². The van der Waals surface area contributed by atoms with Crippen LogP contribution in [0.5, 0.6) is 0 Å². The zero-order valence-electron chi connectivity index (χ0n) is 17.3. The number of nitrogen functional groups attached to an aromatic ring is 1. The molecule has 0 spiro atoms. The van der Waals surface area contributed by atoms with Gasteiger partial charge < -0.3 is 30.3 Å². The lowest BCUT2D eigenvalue weighted by Gasteiger charge is -2.21. The Morgan fingerprint density at radius 3 is 2.72 bits per heavy atom. The van der Waals surface area contributed by atoms with Gasteiger partial charge in [-0.1, -0.05) is 0 Å². The number of rotatable bonds is 8. The molecular formula is C16H24FN6O8P. The monoisotopic (exact) mass is 478 g/mol. The van der Waals surface area contributed by atoms with Crippen LogP contribution >= 0.6 is 7.75 Å². The lowest BCUT2D eigenvalue weighted by atomic mass is 10.1. The summed E-state index contributed by atoms with van der Waals surface area (Å²) in [6.07, 6.45) is -5.97. The number of anilines is 1. The third-order valence-electron chi connectivity index (χ3n) is 4.51. The number of nitrogens with zero attached hydrogens (tertiary/aromatic N) is 4. The number of aromatic nitrogens is 4. The number of hydrogen-bond donors (Lipinski definition) is 5. The van der Waals surface area contributed by atoms with Crippen LogP contribution < -0.4 is 10.8 Å². The van der Waals surface area contributed by atoms with Gasteiger partial charge in [-0.25, -0.2) is 14.6 Å². The Labute approximate surface area is 181 Å². The van der Waals surface area contributed by atoms with Crippen molar-refractivity contribution < 1.29 is 42.9 Å². The molecule has 1 aliphatic heterocycles. The van der Waals surface area contributed by atoms with Crippen molar-refractivity contribution >= 4 is 30.7 Å². The van der Waals surface area contributed by atoms with Crippen LogP contribution in [0.15, 0.2) is 6.33 Å². The quantitative estimate of drug-likeness (QED) is 0.179. The molecule has 0 aromatic carbocycles. The minimum atomic E-state index is -4.51. The predicted octanol–water partition coefficient (Wildman–Crippen LogP) is -0.786. The average molecular weight is 478 g/mol. The minimum Gasteiger partial charge on any atom is -0.462 e. The summed E-state index contributed by atoms with van der Waals surface area (Å²) in [7, 11) is -4.51. The van der Waals surface area contributed by atoms with Gasteiger partial charge in [0.05, 0.1) is 19.0 Å². The second-order valence-corrected chi connectivity index (χ2v) is 8.96. The summed E-state index contributed by atoms with van der Waals surface area (Å²) >= 11 is 0. The Kier molecular flexibility index (Phi) is 7.09. The van der Waals surface area contributed by atoms with E-state index in [1.54, 1.807) is 13.8 Å². The molecule has 0 amide bonds. The predicted molar refractivity (Wildman–Crippen MR) is 105 cm³/mol. The van der Waals surface area contributed by atoms with Gasteiger partial charge in [-0.05, 0) is 20.8 Å². The zero-order valence-corrected chi connectivity index (χ0v) is 18.2. The Hall–Kier alpha value is -2.26. The molecule has 6 atom stereocenters. The summed E-state index contributed by atoms with van der Waals surface area (Å²) in [6, 6.07) is -1.15. The molecule has 1 aliphatic rings. The summed E-state index contributed by atoms with van der Waals surface area (Å²) in [5.41, 5.74) is 5.58. The van der Waals surface area contributed by atoms with Crippen molar-refractivity contribution in [3.63, 3.8) is 0 Å². The van der Waals surface area contributed by atoms with Gasteiger partial charge in [-0.2, -0.15) is 14.4 Å². The van der Waals surface area contributed by atoms with Crippen molar-refractivity contribution in [2.45, 2.75) is 57.5 Å². The molecule has 32 heavy (non-hydrogen) atoms. The van der Waals surface area contributed by atoms with Gasteiger partial charge in [0.15, 0.2) is 23.2 Å². The average Bonchev–Trinajstić information content (AvgIpc) is 3.21. The van der Waals surface area contributed by atoms with Gasteiger partial charge in [0, 0.05) is 0 Å². The second kappa shape index (κ2) is 9.31. The van der Waals surface area contributed by atoms with E-state index < -0.39 is 63.1 Å². The number of hydrogen-bond acceptors (Lipinski definition) is 11. The van der Waals surface area contributed by atoms with Crippen LogP contribution in [0.2, 0.25) is 0 Å². The van der Waals surface area contributed by atoms with E-state index in [0.717, 1.165) is 4.57 Å². The number of fused-ring (bicyclic) bond motifs is 1. The van der Waals surface area contributed by atoms with E-state index in [9.17, 15) is 28.9 Å². The first-order valence-corrected chi connectivity index (χ1v) is 11.1. The SMILES string of the molecule is CC(C)OC(=O)C(C)NP(=O)(O)OC[C@H]1O[C@@H](n2cnc3c(N)nc(F)nc32)C(O)C1O. The molecule has 14 nitrogen and oxygen atoms in total. The van der Waals surface area contributed by atoms with Crippen molar-refractivity contribution in [2.75, 3.05) is 12.3 Å². The van der Waals surface area contributed by atoms with E-state index >= 15 is 0 Å². The smallest absolute Gasteiger partial charge is 0.403 e. The molecule has 0 bridgehead atoms. The van der Waals surface area contributed by atoms with E-state index in [-0.39, 0.29) is 17.0 Å². The maximum atomic E-state index is 13.6. The maximum absolute atomic E-state index is 13.6. The fraction of sp³-hybridized carbons (Fsp3) is 0.625. The fourth-order valence-electron chi connectivity index (χ4n) is 3.04. The van der Waals surface area contributed by atoms with Crippen molar-refractivity contribution in [1.82, 2.24) is 24.6 Å². The summed E-state index contributed by atoms with van der Waals surface area (Å²) < 4.78 is 42.3. The van der Waals surface area contributed by atoms with Crippen molar-refractivity contribution in [1.29, 1.82) is 0 Å². The number of ether oxygens (including phenoxy) is 2. The standard InChI is InChI=1S/C16H24FN6O8P/c1-6(2)30-15(26)7(3)22-32(27,28)29-4-8-10(24)11(25)14(31-8)23-5-19-9-12(18)20-16(17)21-13(9)23/h5-8,10-11,14,24-25H,4H2,1-3H3,(H2,18,20,21)(H2,22,27,28)/t7?,8-,10?,11?,14-/m1/s1. The lowest BCUT2D eigenvalue weighted by Crippen LogP contribution is -2.37. The summed E-state index contributed by atoms with van der Waals surface area (Å²) in [6.45, 7) is 3.94. The Morgan fingerprint density at radius 2 is 2.06 bits per heavy atom. The molecule has 1 fully saturated rings. The van der Waals surface area contributed by atoms with Crippen molar-refractivity contribution in [2.24, 2.45) is 0 Å². The normalized spacial score (nSPS) is 26.4. The number of aliphatic hydroxyl groups is 2. The van der Waals surface area contributed by atoms with E-state index in [4.69, 9.17) is 19.7 Å². The van der Waals surface area contributed by atoms with E-state index in [1.807, 2.05) is 0 Å². The summed E-state index contributed by atoms with van der Waals surface area (Å²) in [5.74, 6) is -0.984. The van der Waals surface area contributed by atoms with E-state index in [2.05, 4.69) is 20.0 Å². The highest BCUT2D eigenvalue weighted by atomic mass is 31.2. The largest absolute Gasteiger partial charge is 0.462 e. The van der Waals surface area contributed by atoms with Gasteiger partial charge >= 0.3 is 19.8 Å². The topological polar surface area (TPSA) is 204 Å². The molecule has 2 aromatic heterocycles. The second-order valence-electron chi connectivity index (χ2n) is 7.40. The van der Waals surface area contributed by atoms with Gasteiger partial charge in [-0.3, -0.25) is 13.9 Å². The maximum Gasteiger partial charge on any atom is 0.403 e. The third-order valence-corrected chi connectivity index (χ3v) is 5.72. The van der Waals surface area contributed by atoms with Crippen LogP contribution in [-0.2, 0) is 23.4 Å². The minimum absolute atomic E-state index is 0.0581. The number of halogens is 1. The summed E-state index contributed by atoms with van der Waals surface area (Å²) in [5, 5.41) is 22.8. The first kappa shape index (κ1) is 24.4. The molecule has 1 saturated heterocycles. The lowest BCUT2D eigenvalue weighted by molar-refractivity contribution is -0.149. The summed E-state index contributed by atoms with van der Waals surface area (Å²) in [4.78, 5) is 32.6. The zero-order chi connectivity index (χ0) is 23.8. The molecule has 0 aliphatic carbocycles. The molecule has 178 valence electrons. The van der Waals surface area contributed by atoms with Gasteiger partial charge in [-0.15, -0.1) is 0 Å². The Morgan fingerprint density at radius 1 is 1.38 bits per heavy atom. The highest BCUT2D eigenvalue weighted by Gasteiger charge is 2.45. The van der Waals surface area contributed by atoms with Gasteiger partial charge in [0.2, 0.25) is 0 Å². The van der Waals surface area contributed by atoms with E-state index in [1.165, 1.54) is 13.3 Å². The van der Waals surface area contributed by atoms with Crippen LogP contribution in [0.25, 0.3) is 11.2 Å². The molecule has 3 rings (SSSR count). The molecular weight excluding hydrogens is 454 g/mol. The third kappa shape index (κ3) is 5.20. The molecule has 0 radical (unpaired) electrons. The number of nitrogens with two attached hydrogens (primary N) is 1. The molecule has 16 heteroatoms. The van der Waals surface area contributed by atoms with Crippen LogP contribution in [-0.4, -0.2) is 77.7 Å². The number of imidazole rings is 1. The molecule has 2 aromatic rings. The number of carbonyl (C=O) groups excluding carboxylic acids is 1. The Bertz CT molecular complexity index is 1040. The number of esters is 1. The Balaban J connectivity index is 1.67. The molecule has 0 saturated carbocycles. The fourth-order valence-corrected chi connectivity index (χ4v) is 4.06. The number of carbonyl (C=O) groups is 1. The van der Waals surface area contributed by atoms with Crippen LogP contribution in [0.4, 0.5) is 10.2 Å². The molecule has 3 heterocycles. The van der Waals surface area contributed by atoms with Gasteiger partial charge in [0.1, 0.15) is 24.4 Å². The first-order valence-electron chi connectivity index (χ1n) is 9.52. The van der Waals surface area contributed by atoms with Crippen LogP contribution in [0.1, 0.15) is 27.0 Å². The van der Waals surface area contributed by atoms with Crippen LogP contribution in [0.3, 0.4) is 0 Å². The van der Waals surface area contributed by atoms with E-state index in [0.29, 0.717) is 0 Å². The number of aliphatic hydroxyl groups excluding tert-OH is 2. The molecule has 6 N–H and O–H groups in total. The first-order chi connectivity index (χ1) is 14.9. The van der Waals surface area contributed by atoms with Crippen molar-refractivity contribution in [3.05, 3.63) is 12.4 Å². The molecule has 4 unspecified atom stereocenters. The highest BCUT2D eigenvalue weighted by Crippen LogP contribution is 2.40. The van der Waals surface area contributed by atoms with Crippen LogP contribution in [0, 0.1) is 6.08 Å². The number of nitrogens with one attached hydrogen (secondary N) is 1. The highest BCUT2D eigenvalue weighted by molar-refractivity contribution is 7.50.